The summed E-state index contributed by atoms with van der Waals surface area (Å²) in [5.41, 5.74) is 0. The minimum Gasteiger partial charge on any atom is -0.480 e. The number of rotatable bonds is 4. The highest BCUT2D eigenvalue weighted by Crippen LogP contribution is 2.20. The van der Waals surface area contributed by atoms with Crippen LogP contribution in [-0.4, -0.2) is 41.1 Å². The minimum absolute atomic E-state index is 0.241. The lowest BCUT2D eigenvalue weighted by Gasteiger charge is -2.35. The highest BCUT2D eigenvalue weighted by atomic mass is 16.4. The van der Waals surface area contributed by atoms with Crippen LogP contribution >= 0.6 is 0 Å². The van der Waals surface area contributed by atoms with Crippen LogP contribution in [0.4, 0.5) is 4.79 Å². The number of nitrogens with one attached hydrogen (secondary N) is 1. The Labute approximate surface area is 109 Å². The normalized spacial score (nSPS) is 25.6. The number of amides is 2. The number of carboxylic acid groups (broad SMARTS) is 1. The molecular formula is C13H24N2O3. The molecule has 2 amide bonds. The number of urea groups is 1. The molecule has 1 heterocycles. The summed E-state index contributed by atoms with van der Waals surface area (Å²) in [6, 6.07) is -1.01. The highest BCUT2D eigenvalue weighted by Gasteiger charge is 2.28. The van der Waals surface area contributed by atoms with Crippen molar-refractivity contribution in [1.82, 2.24) is 10.2 Å². The fourth-order valence-corrected chi connectivity index (χ4v) is 2.62. The van der Waals surface area contributed by atoms with E-state index >= 15 is 0 Å². The molecular weight excluding hydrogens is 232 g/mol. The number of likely N-dealkylation sites (tertiary alicyclic amines) is 1. The van der Waals surface area contributed by atoms with Crippen molar-refractivity contribution in [2.24, 2.45) is 11.8 Å². The van der Waals surface area contributed by atoms with Gasteiger partial charge in [0.1, 0.15) is 6.04 Å². The van der Waals surface area contributed by atoms with Crippen molar-refractivity contribution in [2.75, 3.05) is 13.1 Å². The van der Waals surface area contributed by atoms with Gasteiger partial charge >= 0.3 is 12.0 Å². The first-order valence-electron chi connectivity index (χ1n) is 6.72. The Balaban J connectivity index is 2.55. The van der Waals surface area contributed by atoms with Gasteiger partial charge in [0.15, 0.2) is 0 Å². The van der Waals surface area contributed by atoms with Crippen molar-refractivity contribution in [3.8, 4) is 0 Å². The number of hydrogen-bond donors (Lipinski definition) is 2. The summed E-state index contributed by atoms with van der Waals surface area (Å²) in [6.45, 7) is 7.59. The van der Waals surface area contributed by atoms with E-state index in [1.54, 1.807) is 4.90 Å². The van der Waals surface area contributed by atoms with Crippen LogP contribution in [0, 0.1) is 11.8 Å². The lowest BCUT2D eigenvalue weighted by molar-refractivity contribution is -0.139. The standard InChI is InChI=1S/C13H24N2O3/c1-4-5-11(12(16)17)14-13(18)15-7-9(2)6-10(3)8-15/h9-11H,4-8H2,1-3H3,(H,14,18)(H,16,17)/t9?,10?,11-/m0/s1. The van der Waals surface area contributed by atoms with Crippen LogP contribution < -0.4 is 5.32 Å². The average molecular weight is 256 g/mol. The summed E-state index contributed by atoms with van der Waals surface area (Å²) in [6.07, 6.45) is 2.34. The minimum atomic E-state index is -0.955. The van der Waals surface area contributed by atoms with E-state index in [2.05, 4.69) is 19.2 Å². The van der Waals surface area contributed by atoms with Crippen molar-refractivity contribution in [2.45, 2.75) is 46.1 Å². The van der Waals surface area contributed by atoms with E-state index in [0.29, 0.717) is 31.3 Å². The third kappa shape index (κ3) is 4.20. The van der Waals surface area contributed by atoms with E-state index in [9.17, 15) is 9.59 Å². The topological polar surface area (TPSA) is 69.6 Å². The number of hydrogen-bond acceptors (Lipinski definition) is 2. The number of piperidine rings is 1. The maximum absolute atomic E-state index is 12.0. The zero-order valence-electron chi connectivity index (χ0n) is 11.5. The molecule has 0 aromatic heterocycles. The smallest absolute Gasteiger partial charge is 0.326 e. The Bertz CT molecular complexity index is 297. The van der Waals surface area contributed by atoms with Gasteiger partial charge in [0.05, 0.1) is 0 Å². The second-order valence-corrected chi connectivity index (χ2v) is 5.48. The van der Waals surface area contributed by atoms with Gasteiger partial charge in [-0.1, -0.05) is 27.2 Å². The molecule has 0 spiro atoms. The van der Waals surface area contributed by atoms with Crippen LogP contribution in [0.3, 0.4) is 0 Å². The second-order valence-electron chi connectivity index (χ2n) is 5.48. The average Bonchev–Trinajstić information content (AvgIpc) is 2.26. The molecule has 18 heavy (non-hydrogen) atoms. The van der Waals surface area contributed by atoms with E-state index in [4.69, 9.17) is 5.11 Å². The molecule has 5 heteroatoms. The Hall–Kier alpha value is -1.26. The monoisotopic (exact) mass is 256 g/mol. The van der Waals surface area contributed by atoms with E-state index in [0.717, 1.165) is 12.8 Å². The maximum atomic E-state index is 12.0. The predicted molar refractivity (Wildman–Crippen MR) is 69.4 cm³/mol. The quantitative estimate of drug-likeness (QED) is 0.807. The molecule has 0 radical (unpaired) electrons. The van der Waals surface area contributed by atoms with Gasteiger partial charge in [0.2, 0.25) is 0 Å². The summed E-state index contributed by atoms with van der Waals surface area (Å²) in [7, 11) is 0. The van der Waals surface area contributed by atoms with Gasteiger partial charge < -0.3 is 15.3 Å². The number of carbonyl (C=O) groups is 2. The molecule has 0 aromatic carbocycles. The summed E-state index contributed by atoms with van der Waals surface area (Å²) in [4.78, 5) is 24.8. The van der Waals surface area contributed by atoms with Gasteiger partial charge in [-0.05, 0) is 24.7 Å². The Morgan fingerprint density at radius 3 is 2.33 bits per heavy atom. The van der Waals surface area contributed by atoms with Crippen molar-refractivity contribution < 1.29 is 14.7 Å². The molecule has 5 nitrogen and oxygen atoms in total. The molecule has 1 aliphatic heterocycles. The zero-order valence-corrected chi connectivity index (χ0v) is 11.5. The van der Waals surface area contributed by atoms with Crippen LogP contribution in [0.2, 0.25) is 0 Å². The van der Waals surface area contributed by atoms with E-state index in [-0.39, 0.29) is 6.03 Å². The van der Waals surface area contributed by atoms with Crippen LogP contribution in [0.5, 0.6) is 0 Å². The van der Waals surface area contributed by atoms with Crippen LogP contribution in [0.15, 0.2) is 0 Å². The first-order valence-corrected chi connectivity index (χ1v) is 6.72. The number of carbonyl (C=O) groups excluding carboxylic acids is 1. The molecule has 0 saturated carbocycles. The molecule has 1 saturated heterocycles. The fraction of sp³-hybridized carbons (Fsp3) is 0.846. The first-order chi connectivity index (χ1) is 8.43. The van der Waals surface area contributed by atoms with E-state index in [1.807, 2.05) is 6.92 Å². The lowest BCUT2D eigenvalue weighted by atomic mass is 9.92. The van der Waals surface area contributed by atoms with Gasteiger partial charge in [-0.3, -0.25) is 0 Å². The van der Waals surface area contributed by atoms with Crippen molar-refractivity contribution in [1.29, 1.82) is 0 Å². The zero-order chi connectivity index (χ0) is 13.7. The molecule has 1 rings (SSSR count). The first kappa shape index (κ1) is 14.8. The predicted octanol–water partition coefficient (Wildman–Crippen LogP) is 1.93. The van der Waals surface area contributed by atoms with Crippen molar-refractivity contribution in [3.05, 3.63) is 0 Å². The number of aliphatic carboxylic acids is 1. The van der Waals surface area contributed by atoms with Gasteiger partial charge in [-0.25, -0.2) is 9.59 Å². The summed E-state index contributed by atoms with van der Waals surface area (Å²) in [5.74, 6) is 0.00575. The van der Waals surface area contributed by atoms with Crippen molar-refractivity contribution >= 4 is 12.0 Å². The Morgan fingerprint density at radius 1 is 1.33 bits per heavy atom. The molecule has 104 valence electrons. The summed E-state index contributed by atoms with van der Waals surface area (Å²) >= 11 is 0. The van der Waals surface area contributed by atoms with Gasteiger partial charge in [0, 0.05) is 13.1 Å². The largest absolute Gasteiger partial charge is 0.480 e. The van der Waals surface area contributed by atoms with Crippen LogP contribution in [0.1, 0.15) is 40.0 Å². The summed E-state index contributed by atoms with van der Waals surface area (Å²) < 4.78 is 0. The van der Waals surface area contributed by atoms with Gasteiger partial charge in [0.25, 0.3) is 0 Å². The SMILES string of the molecule is CCC[C@H](NC(=O)N1CC(C)CC(C)C1)C(=O)O. The molecule has 2 N–H and O–H groups in total. The van der Waals surface area contributed by atoms with Gasteiger partial charge in [-0.2, -0.15) is 0 Å². The summed E-state index contributed by atoms with van der Waals surface area (Å²) in [5, 5.41) is 11.6. The molecule has 0 bridgehead atoms. The Kier molecular flexibility index (Phi) is 5.44. The van der Waals surface area contributed by atoms with Crippen molar-refractivity contribution in [3.63, 3.8) is 0 Å². The van der Waals surface area contributed by atoms with E-state index < -0.39 is 12.0 Å². The second kappa shape index (κ2) is 6.61. The van der Waals surface area contributed by atoms with Gasteiger partial charge in [-0.15, -0.1) is 0 Å². The molecule has 1 aliphatic rings. The third-order valence-electron chi connectivity index (χ3n) is 3.33. The number of nitrogens with zero attached hydrogens (tertiary/aromatic N) is 1. The third-order valence-corrected chi connectivity index (χ3v) is 3.33. The van der Waals surface area contributed by atoms with E-state index in [1.165, 1.54) is 0 Å². The van der Waals surface area contributed by atoms with Crippen LogP contribution in [-0.2, 0) is 4.79 Å². The highest BCUT2D eigenvalue weighted by molar-refractivity contribution is 5.82. The van der Waals surface area contributed by atoms with Crippen LogP contribution in [0.25, 0.3) is 0 Å². The molecule has 1 fully saturated rings. The lowest BCUT2D eigenvalue weighted by Crippen LogP contribution is -2.51. The molecule has 0 aliphatic carbocycles. The fourth-order valence-electron chi connectivity index (χ4n) is 2.62. The molecule has 2 unspecified atom stereocenters. The Morgan fingerprint density at radius 2 is 1.89 bits per heavy atom. The molecule has 3 atom stereocenters. The number of carboxylic acids is 1. The maximum Gasteiger partial charge on any atom is 0.326 e. The molecule has 0 aromatic rings.